The highest BCUT2D eigenvalue weighted by molar-refractivity contribution is 6.01. The molecule has 0 unspecified atom stereocenters. The van der Waals surface area contributed by atoms with Crippen molar-refractivity contribution in [1.29, 1.82) is 0 Å². The molecule has 2 heterocycles. The van der Waals surface area contributed by atoms with Gasteiger partial charge >= 0.3 is 0 Å². The standard InChI is InChI=1S/C11H7N5O2/c17-11(13-9-5-6-18-16-9)10-12-7-3-1-2-4-8(7)14-15-10/h1-6H,(H,13,16,17). The smallest absolute Gasteiger partial charge is 0.296 e. The van der Waals surface area contributed by atoms with Gasteiger partial charge in [-0.2, -0.15) is 0 Å². The van der Waals surface area contributed by atoms with Gasteiger partial charge in [0.05, 0.1) is 5.52 Å². The summed E-state index contributed by atoms with van der Waals surface area (Å²) in [7, 11) is 0. The maximum atomic E-state index is 11.8. The summed E-state index contributed by atoms with van der Waals surface area (Å²) in [6.07, 6.45) is 1.36. The fourth-order valence-electron chi connectivity index (χ4n) is 1.43. The molecule has 0 aliphatic heterocycles. The van der Waals surface area contributed by atoms with Gasteiger partial charge in [0.25, 0.3) is 5.91 Å². The van der Waals surface area contributed by atoms with Crippen LogP contribution in [0.5, 0.6) is 0 Å². The topological polar surface area (TPSA) is 93.8 Å². The predicted octanol–water partition coefficient (Wildman–Crippen LogP) is 1.27. The van der Waals surface area contributed by atoms with E-state index in [0.717, 1.165) is 0 Å². The van der Waals surface area contributed by atoms with Crippen molar-refractivity contribution in [2.45, 2.75) is 0 Å². The van der Waals surface area contributed by atoms with E-state index in [1.54, 1.807) is 12.1 Å². The van der Waals surface area contributed by atoms with Gasteiger partial charge in [0, 0.05) is 6.07 Å². The number of hydrogen-bond donors (Lipinski definition) is 1. The molecule has 88 valence electrons. The van der Waals surface area contributed by atoms with E-state index in [-0.39, 0.29) is 5.82 Å². The molecule has 3 aromatic rings. The molecule has 0 aliphatic rings. The van der Waals surface area contributed by atoms with E-state index in [0.29, 0.717) is 16.9 Å². The van der Waals surface area contributed by atoms with Gasteiger partial charge in [-0.1, -0.05) is 17.3 Å². The van der Waals surface area contributed by atoms with Gasteiger partial charge in [0.1, 0.15) is 11.8 Å². The summed E-state index contributed by atoms with van der Waals surface area (Å²) in [4.78, 5) is 15.9. The number of para-hydroxylation sites is 1. The normalized spacial score (nSPS) is 10.4. The number of rotatable bonds is 2. The van der Waals surface area contributed by atoms with Crippen molar-refractivity contribution in [3.63, 3.8) is 0 Å². The average Bonchev–Trinajstić information content (AvgIpc) is 2.91. The first-order valence-electron chi connectivity index (χ1n) is 5.14. The maximum Gasteiger partial charge on any atom is 0.296 e. The zero-order valence-electron chi connectivity index (χ0n) is 9.07. The van der Waals surface area contributed by atoms with Crippen LogP contribution in [0, 0.1) is 0 Å². The first kappa shape index (κ1) is 10.3. The molecule has 0 aliphatic carbocycles. The molecule has 0 radical (unpaired) electrons. The Labute approximate surface area is 101 Å². The summed E-state index contributed by atoms with van der Waals surface area (Å²) < 4.78 is 4.60. The zero-order chi connectivity index (χ0) is 12.4. The molecule has 1 aromatic carbocycles. The van der Waals surface area contributed by atoms with Crippen molar-refractivity contribution >= 4 is 22.8 Å². The highest BCUT2D eigenvalue weighted by Crippen LogP contribution is 2.08. The summed E-state index contributed by atoms with van der Waals surface area (Å²) >= 11 is 0. The van der Waals surface area contributed by atoms with E-state index in [2.05, 4.69) is 30.2 Å². The summed E-state index contributed by atoms with van der Waals surface area (Å²) in [5.74, 6) is -0.199. The number of nitrogens with zero attached hydrogens (tertiary/aromatic N) is 4. The molecule has 1 N–H and O–H groups in total. The monoisotopic (exact) mass is 241 g/mol. The van der Waals surface area contributed by atoms with Crippen LogP contribution in [0.25, 0.3) is 11.0 Å². The van der Waals surface area contributed by atoms with Crippen LogP contribution < -0.4 is 5.32 Å². The zero-order valence-corrected chi connectivity index (χ0v) is 9.07. The van der Waals surface area contributed by atoms with Crippen molar-refractivity contribution in [2.24, 2.45) is 0 Å². The van der Waals surface area contributed by atoms with Gasteiger partial charge in [-0.25, -0.2) is 4.98 Å². The number of carbonyl (C=O) groups excluding carboxylic acids is 1. The quantitative estimate of drug-likeness (QED) is 0.726. The number of nitrogens with one attached hydrogen (secondary N) is 1. The van der Waals surface area contributed by atoms with E-state index in [1.165, 1.54) is 12.3 Å². The van der Waals surface area contributed by atoms with Crippen LogP contribution in [0.2, 0.25) is 0 Å². The van der Waals surface area contributed by atoms with E-state index in [1.807, 2.05) is 12.1 Å². The molecule has 0 saturated carbocycles. The molecule has 0 spiro atoms. The van der Waals surface area contributed by atoms with Crippen LogP contribution in [-0.4, -0.2) is 26.2 Å². The lowest BCUT2D eigenvalue weighted by molar-refractivity contribution is 0.101. The van der Waals surface area contributed by atoms with Gasteiger partial charge in [0.15, 0.2) is 5.82 Å². The van der Waals surface area contributed by atoms with Crippen LogP contribution in [0.4, 0.5) is 5.82 Å². The largest absolute Gasteiger partial charge is 0.363 e. The molecule has 7 nitrogen and oxygen atoms in total. The van der Waals surface area contributed by atoms with Crippen molar-refractivity contribution in [3.8, 4) is 0 Å². The van der Waals surface area contributed by atoms with Gasteiger partial charge in [0.2, 0.25) is 5.82 Å². The third kappa shape index (κ3) is 1.88. The van der Waals surface area contributed by atoms with Crippen molar-refractivity contribution in [2.75, 3.05) is 5.32 Å². The van der Waals surface area contributed by atoms with Crippen LogP contribution in [0.15, 0.2) is 41.1 Å². The highest BCUT2D eigenvalue weighted by Gasteiger charge is 2.12. The van der Waals surface area contributed by atoms with E-state index in [4.69, 9.17) is 0 Å². The SMILES string of the molecule is O=C(Nc1ccon1)c1nnc2ccccc2n1. The van der Waals surface area contributed by atoms with Crippen molar-refractivity contribution in [3.05, 3.63) is 42.4 Å². The second-order valence-corrected chi connectivity index (χ2v) is 3.46. The molecule has 3 rings (SSSR count). The first-order valence-corrected chi connectivity index (χ1v) is 5.14. The lowest BCUT2D eigenvalue weighted by Gasteiger charge is -2.00. The van der Waals surface area contributed by atoms with Gasteiger partial charge < -0.3 is 9.84 Å². The minimum Gasteiger partial charge on any atom is -0.363 e. The lowest BCUT2D eigenvalue weighted by atomic mass is 10.3. The predicted molar refractivity (Wildman–Crippen MR) is 61.8 cm³/mol. The lowest BCUT2D eigenvalue weighted by Crippen LogP contribution is -2.16. The number of fused-ring (bicyclic) bond motifs is 1. The number of amides is 1. The Balaban J connectivity index is 1.92. The Morgan fingerprint density at radius 3 is 2.72 bits per heavy atom. The number of carbonyl (C=O) groups is 1. The molecule has 0 saturated heterocycles. The van der Waals surface area contributed by atoms with Crippen LogP contribution in [-0.2, 0) is 0 Å². The number of hydrogen-bond acceptors (Lipinski definition) is 6. The van der Waals surface area contributed by atoms with Crippen molar-refractivity contribution in [1.82, 2.24) is 20.3 Å². The van der Waals surface area contributed by atoms with Crippen LogP contribution >= 0.6 is 0 Å². The summed E-state index contributed by atoms with van der Waals surface area (Å²) in [6, 6.07) is 8.70. The summed E-state index contributed by atoms with van der Waals surface area (Å²) in [6.45, 7) is 0. The Morgan fingerprint density at radius 1 is 1.11 bits per heavy atom. The summed E-state index contributed by atoms with van der Waals surface area (Å²) in [5.41, 5.74) is 1.24. The number of aromatic nitrogens is 4. The van der Waals surface area contributed by atoms with E-state index >= 15 is 0 Å². The van der Waals surface area contributed by atoms with E-state index < -0.39 is 5.91 Å². The van der Waals surface area contributed by atoms with E-state index in [9.17, 15) is 4.79 Å². The van der Waals surface area contributed by atoms with Crippen LogP contribution in [0.1, 0.15) is 10.6 Å². The molecule has 1 amide bonds. The average molecular weight is 241 g/mol. The van der Waals surface area contributed by atoms with Gasteiger partial charge in [-0.3, -0.25) is 4.79 Å². The molecular weight excluding hydrogens is 234 g/mol. The fourth-order valence-corrected chi connectivity index (χ4v) is 1.43. The van der Waals surface area contributed by atoms with Crippen molar-refractivity contribution < 1.29 is 9.32 Å². The molecule has 0 bridgehead atoms. The van der Waals surface area contributed by atoms with Crippen LogP contribution in [0.3, 0.4) is 0 Å². The molecule has 2 aromatic heterocycles. The first-order chi connectivity index (χ1) is 8.83. The third-order valence-electron chi connectivity index (χ3n) is 2.24. The molecule has 7 heteroatoms. The molecule has 0 atom stereocenters. The maximum absolute atomic E-state index is 11.8. The Morgan fingerprint density at radius 2 is 1.94 bits per heavy atom. The second kappa shape index (κ2) is 4.21. The third-order valence-corrected chi connectivity index (χ3v) is 2.24. The minimum atomic E-state index is -0.484. The Hall–Kier alpha value is -2.83. The second-order valence-electron chi connectivity index (χ2n) is 3.46. The Kier molecular flexibility index (Phi) is 2.41. The highest BCUT2D eigenvalue weighted by atomic mass is 16.5. The number of anilines is 1. The molecule has 0 fully saturated rings. The fraction of sp³-hybridized carbons (Fsp3) is 0. The minimum absolute atomic E-state index is 0.0169. The van der Waals surface area contributed by atoms with Gasteiger partial charge in [-0.15, -0.1) is 10.2 Å². The summed E-state index contributed by atoms with van der Waals surface area (Å²) in [5, 5.41) is 13.7. The number of benzene rings is 1. The molecular formula is C11H7N5O2. The van der Waals surface area contributed by atoms with Gasteiger partial charge in [-0.05, 0) is 12.1 Å². The molecule has 18 heavy (non-hydrogen) atoms. The Bertz CT molecular complexity index is 695.